The van der Waals surface area contributed by atoms with E-state index in [-0.39, 0.29) is 12.3 Å². The molecule has 6 nitrogen and oxygen atoms in total. The summed E-state index contributed by atoms with van der Waals surface area (Å²) >= 11 is 0. The van der Waals surface area contributed by atoms with Gasteiger partial charge in [-0.15, -0.1) is 0 Å². The van der Waals surface area contributed by atoms with Crippen molar-refractivity contribution in [2.75, 3.05) is 0 Å². The molecule has 0 atom stereocenters. The highest BCUT2D eigenvalue weighted by Crippen LogP contribution is 2.17. The summed E-state index contributed by atoms with van der Waals surface area (Å²) in [5.74, 6) is -0.514. The highest BCUT2D eigenvalue weighted by molar-refractivity contribution is 6.05. The summed E-state index contributed by atoms with van der Waals surface area (Å²) in [5, 5.41) is 3.78. The number of benzene rings is 3. The number of rotatable bonds is 3. The number of nitrogens with zero attached hydrogens (tertiary/aromatic N) is 1. The first-order valence-electron chi connectivity index (χ1n) is 8.75. The van der Waals surface area contributed by atoms with Crippen LogP contribution in [0.4, 0.5) is 4.79 Å². The number of hydrogen-bond donors (Lipinski definition) is 2. The van der Waals surface area contributed by atoms with Crippen LogP contribution in [-0.2, 0) is 11.3 Å². The Kier molecular flexibility index (Phi) is 4.84. The molecule has 0 saturated carbocycles. The number of amides is 2. The Labute approximate surface area is 161 Å². The Morgan fingerprint density at radius 1 is 0.821 bits per heavy atom. The molecule has 3 aromatic carbocycles. The second-order valence-corrected chi connectivity index (χ2v) is 6.22. The van der Waals surface area contributed by atoms with Crippen LogP contribution in [-0.4, -0.2) is 17.0 Å². The van der Waals surface area contributed by atoms with E-state index in [0.717, 1.165) is 21.7 Å². The summed E-state index contributed by atoms with van der Waals surface area (Å²) in [4.78, 5) is 28.4. The molecular formula is C22H17N3O3. The van der Waals surface area contributed by atoms with E-state index in [1.807, 2.05) is 66.7 Å². The van der Waals surface area contributed by atoms with Gasteiger partial charge in [0.15, 0.2) is 0 Å². The molecule has 0 saturated heterocycles. The van der Waals surface area contributed by atoms with E-state index in [1.165, 1.54) is 0 Å². The molecule has 0 aliphatic carbocycles. The largest absolute Gasteiger partial charge is 0.443 e. The lowest BCUT2D eigenvalue weighted by atomic mass is 10.1. The minimum atomic E-state index is -0.748. The maximum absolute atomic E-state index is 12.3. The zero-order valence-corrected chi connectivity index (χ0v) is 14.9. The van der Waals surface area contributed by atoms with E-state index < -0.39 is 12.0 Å². The van der Waals surface area contributed by atoms with Gasteiger partial charge in [-0.2, -0.15) is 0 Å². The SMILES string of the molecule is O=C(NNC(=O)c1nccc2ccccc12)OCc1ccc2ccccc2c1. The van der Waals surface area contributed by atoms with Crippen LogP contribution in [0.5, 0.6) is 0 Å². The lowest BCUT2D eigenvalue weighted by molar-refractivity contribution is 0.0902. The van der Waals surface area contributed by atoms with Crippen molar-refractivity contribution in [2.45, 2.75) is 6.61 Å². The summed E-state index contributed by atoms with van der Waals surface area (Å²) in [6, 6.07) is 23.0. The first-order valence-corrected chi connectivity index (χ1v) is 8.75. The van der Waals surface area contributed by atoms with Crippen LogP contribution in [0.3, 0.4) is 0 Å². The number of ether oxygens (including phenoxy) is 1. The average molecular weight is 371 g/mol. The van der Waals surface area contributed by atoms with E-state index in [2.05, 4.69) is 15.8 Å². The Morgan fingerprint density at radius 3 is 2.43 bits per heavy atom. The summed E-state index contributed by atoms with van der Waals surface area (Å²) in [6.45, 7) is 0.0963. The van der Waals surface area contributed by atoms with Crippen LogP contribution >= 0.6 is 0 Å². The minimum Gasteiger partial charge on any atom is -0.443 e. The van der Waals surface area contributed by atoms with Gasteiger partial charge in [0.2, 0.25) is 0 Å². The van der Waals surface area contributed by atoms with Crippen LogP contribution < -0.4 is 10.9 Å². The number of hydrogen-bond acceptors (Lipinski definition) is 4. The van der Waals surface area contributed by atoms with Crippen molar-refractivity contribution in [2.24, 2.45) is 0 Å². The average Bonchev–Trinajstić information content (AvgIpc) is 2.75. The number of nitrogens with one attached hydrogen (secondary N) is 2. The third-order valence-corrected chi connectivity index (χ3v) is 4.35. The topological polar surface area (TPSA) is 80.3 Å². The Bertz CT molecular complexity index is 1170. The number of carbonyl (C=O) groups is 2. The number of aromatic nitrogens is 1. The monoisotopic (exact) mass is 371 g/mol. The maximum atomic E-state index is 12.3. The third-order valence-electron chi connectivity index (χ3n) is 4.35. The first kappa shape index (κ1) is 17.5. The van der Waals surface area contributed by atoms with Gasteiger partial charge in [-0.1, -0.05) is 60.7 Å². The van der Waals surface area contributed by atoms with Gasteiger partial charge < -0.3 is 4.74 Å². The maximum Gasteiger partial charge on any atom is 0.426 e. The fourth-order valence-electron chi connectivity index (χ4n) is 2.98. The predicted molar refractivity (Wildman–Crippen MR) is 106 cm³/mol. The van der Waals surface area contributed by atoms with Crippen molar-refractivity contribution in [1.29, 1.82) is 0 Å². The van der Waals surface area contributed by atoms with E-state index in [0.29, 0.717) is 5.39 Å². The molecule has 0 aliphatic heterocycles. The van der Waals surface area contributed by atoms with Gasteiger partial charge >= 0.3 is 6.09 Å². The number of fused-ring (bicyclic) bond motifs is 2. The highest BCUT2D eigenvalue weighted by atomic mass is 16.6. The molecule has 0 bridgehead atoms. The van der Waals surface area contributed by atoms with Crippen molar-refractivity contribution >= 4 is 33.5 Å². The molecule has 2 amide bonds. The number of carbonyl (C=O) groups excluding carboxylic acids is 2. The van der Waals surface area contributed by atoms with E-state index in [4.69, 9.17) is 4.74 Å². The van der Waals surface area contributed by atoms with Crippen LogP contribution in [0.15, 0.2) is 79.0 Å². The molecule has 0 radical (unpaired) electrons. The predicted octanol–water partition coefficient (Wildman–Crippen LogP) is 3.96. The van der Waals surface area contributed by atoms with Gasteiger partial charge in [-0.3, -0.25) is 15.2 Å². The molecular weight excluding hydrogens is 354 g/mol. The smallest absolute Gasteiger partial charge is 0.426 e. The van der Waals surface area contributed by atoms with Gasteiger partial charge in [-0.05, 0) is 33.9 Å². The van der Waals surface area contributed by atoms with Crippen LogP contribution in [0.1, 0.15) is 16.1 Å². The van der Waals surface area contributed by atoms with Crippen molar-refractivity contribution < 1.29 is 14.3 Å². The molecule has 1 heterocycles. The summed E-state index contributed by atoms with van der Waals surface area (Å²) in [5.41, 5.74) is 5.67. The van der Waals surface area contributed by atoms with Crippen molar-refractivity contribution in [3.8, 4) is 0 Å². The normalized spacial score (nSPS) is 10.6. The van der Waals surface area contributed by atoms with Gasteiger partial charge in [-0.25, -0.2) is 10.2 Å². The van der Waals surface area contributed by atoms with Gasteiger partial charge in [0.05, 0.1) is 0 Å². The Balaban J connectivity index is 1.35. The fourth-order valence-corrected chi connectivity index (χ4v) is 2.98. The molecule has 0 unspecified atom stereocenters. The molecule has 4 rings (SSSR count). The second-order valence-electron chi connectivity index (χ2n) is 6.22. The lowest BCUT2D eigenvalue weighted by Gasteiger charge is -2.10. The van der Waals surface area contributed by atoms with Gasteiger partial charge in [0.1, 0.15) is 12.3 Å². The standard InChI is InChI=1S/C22H17N3O3/c26-21(20-19-8-4-3-6-17(19)11-12-23-20)24-25-22(27)28-14-15-9-10-16-5-1-2-7-18(16)13-15/h1-13H,14H2,(H,24,26)(H,25,27). The lowest BCUT2D eigenvalue weighted by Crippen LogP contribution is -2.42. The van der Waals surface area contributed by atoms with E-state index in [1.54, 1.807) is 12.3 Å². The zero-order valence-electron chi connectivity index (χ0n) is 14.9. The highest BCUT2D eigenvalue weighted by Gasteiger charge is 2.12. The fraction of sp³-hybridized carbons (Fsp3) is 0.0455. The van der Waals surface area contributed by atoms with Crippen molar-refractivity contribution in [3.63, 3.8) is 0 Å². The Morgan fingerprint density at radius 2 is 1.57 bits per heavy atom. The minimum absolute atomic E-state index is 0.0963. The second kappa shape index (κ2) is 7.75. The molecule has 4 aromatic rings. The first-order chi connectivity index (χ1) is 13.7. The summed E-state index contributed by atoms with van der Waals surface area (Å²) in [7, 11) is 0. The van der Waals surface area contributed by atoms with Crippen LogP contribution in [0, 0.1) is 0 Å². The summed E-state index contributed by atoms with van der Waals surface area (Å²) < 4.78 is 5.17. The van der Waals surface area contributed by atoms with Crippen molar-refractivity contribution in [3.05, 3.63) is 90.3 Å². The number of hydrazine groups is 1. The third kappa shape index (κ3) is 3.76. The van der Waals surface area contributed by atoms with E-state index >= 15 is 0 Å². The quantitative estimate of drug-likeness (QED) is 0.534. The Hall–Kier alpha value is -3.93. The molecule has 6 heteroatoms. The van der Waals surface area contributed by atoms with Crippen molar-refractivity contribution in [1.82, 2.24) is 15.8 Å². The van der Waals surface area contributed by atoms with Crippen LogP contribution in [0.25, 0.3) is 21.5 Å². The summed E-state index contributed by atoms with van der Waals surface area (Å²) in [6.07, 6.45) is 0.803. The molecule has 0 fully saturated rings. The molecule has 28 heavy (non-hydrogen) atoms. The number of pyridine rings is 1. The van der Waals surface area contributed by atoms with Gasteiger partial charge in [0, 0.05) is 11.6 Å². The molecule has 0 aliphatic rings. The molecule has 0 spiro atoms. The van der Waals surface area contributed by atoms with Crippen LogP contribution in [0.2, 0.25) is 0 Å². The molecule has 2 N–H and O–H groups in total. The zero-order chi connectivity index (χ0) is 19.3. The van der Waals surface area contributed by atoms with E-state index in [9.17, 15) is 9.59 Å². The van der Waals surface area contributed by atoms with Gasteiger partial charge in [0.25, 0.3) is 5.91 Å². The molecule has 1 aromatic heterocycles. The molecule has 138 valence electrons.